The molecule has 0 amide bonds. The highest BCUT2D eigenvalue weighted by molar-refractivity contribution is 5.30. The van der Waals surface area contributed by atoms with Crippen molar-refractivity contribution in [2.45, 2.75) is 13.0 Å². The molecular formula is C11H18N2O. The molecule has 0 aromatic heterocycles. The van der Waals surface area contributed by atoms with Crippen LogP contribution in [-0.4, -0.2) is 20.2 Å². The van der Waals surface area contributed by atoms with Gasteiger partial charge in [-0.15, -0.1) is 0 Å². The van der Waals surface area contributed by atoms with Crippen molar-refractivity contribution in [3.63, 3.8) is 0 Å². The van der Waals surface area contributed by atoms with Crippen LogP contribution in [-0.2, 0) is 0 Å². The molecule has 0 aliphatic rings. The standard InChI is InChI=1S/C11H18N2O/c1-3-13-8-11(12)9-5-4-6-10(7-9)14-2/h4-7,11,13H,3,8,12H2,1-2H3. The molecule has 78 valence electrons. The highest BCUT2D eigenvalue weighted by atomic mass is 16.5. The smallest absolute Gasteiger partial charge is 0.119 e. The molecule has 0 bridgehead atoms. The van der Waals surface area contributed by atoms with Crippen LogP contribution in [0, 0.1) is 0 Å². The van der Waals surface area contributed by atoms with Crippen LogP contribution in [0.5, 0.6) is 5.75 Å². The van der Waals surface area contributed by atoms with Gasteiger partial charge in [-0.2, -0.15) is 0 Å². The molecule has 3 heteroatoms. The lowest BCUT2D eigenvalue weighted by atomic mass is 10.1. The van der Waals surface area contributed by atoms with E-state index >= 15 is 0 Å². The third-order valence-electron chi connectivity index (χ3n) is 2.14. The van der Waals surface area contributed by atoms with Crippen molar-refractivity contribution in [2.75, 3.05) is 20.2 Å². The van der Waals surface area contributed by atoms with Crippen molar-refractivity contribution in [1.82, 2.24) is 5.32 Å². The second-order valence-corrected chi connectivity index (χ2v) is 3.19. The molecule has 0 heterocycles. The molecule has 0 radical (unpaired) electrons. The maximum atomic E-state index is 5.99. The first kappa shape index (κ1) is 11.0. The molecule has 3 nitrogen and oxygen atoms in total. The summed E-state index contributed by atoms with van der Waals surface area (Å²) in [6.45, 7) is 3.81. The summed E-state index contributed by atoms with van der Waals surface area (Å²) in [7, 11) is 1.66. The summed E-state index contributed by atoms with van der Waals surface area (Å²) in [5, 5.41) is 3.22. The van der Waals surface area contributed by atoms with Gasteiger partial charge < -0.3 is 15.8 Å². The van der Waals surface area contributed by atoms with E-state index in [-0.39, 0.29) is 6.04 Å². The average molecular weight is 194 g/mol. The van der Waals surface area contributed by atoms with Crippen LogP contribution >= 0.6 is 0 Å². The van der Waals surface area contributed by atoms with Crippen LogP contribution in [0.4, 0.5) is 0 Å². The quantitative estimate of drug-likeness (QED) is 0.743. The fourth-order valence-electron chi connectivity index (χ4n) is 1.29. The Hall–Kier alpha value is -1.06. The Bertz CT molecular complexity index is 276. The summed E-state index contributed by atoms with van der Waals surface area (Å²) < 4.78 is 5.13. The number of nitrogens with one attached hydrogen (secondary N) is 1. The van der Waals surface area contributed by atoms with Gasteiger partial charge in [0.15, 0.2) is 0 Å². The van der Waals surface area contributed by atoms with Crippen molar-refractivity contribution in [1.29, 1.82) is 0 Å². The fourth-order valence-corrected chi connectivity index (χ4v) is 1.29. The lowest BCUT2D eigenvalue weighted by Crippen LogP contribution is -2.26. The van der Waals surface area contributed by atoms with Gasteiger partial charge >= 0.3 is 0 Å². The third kappa shape index (κ3) is 3.01. The number of rotatable bonds is 5. The zero-order valence-electron chi connectivity index (χ0n) is 8.79. The van der Waals surface area contributed by atoms with Crippen LogP contribution in [0.15, 0.2) is 24.3 Å². The van der Waals surface area contributed by atoms with Gasteiger partial charge in [0.2, 0.25) is 0 Å². The highest BCUT2D eigenvalue weighted by Gasteiger charge is 2.05. The number of methoxy groups -OCH3 is 1. The summed E-state index contributed by atoms with van der Waals surface area (Å²) >= 11 is 0. The first-order valence-corrected chi connectivity index (χ1v) is 4.88. The summed E-state index contributed by atoms with van der Waals surface area (Å²) in [5.41, 5.74) is 7.09. The molecule has 1 unspecified atom stereocenters. The monoisotopic (exact) mass is 194 g/mol. The van der Waals surface area contributed by atoms with Crippen LogP contribution in [0.3, 0.4) is 0 Å². The topological polar surface area (TPSA) is 47.3 Å². The third-order valence-corrected chi connectivity index (χ3v) is 2.14. The molecule has 14 heavy (non-hydrogen) atoms. The first-order valence-electron chi connectivity index (χ1n) is 4.88. The summed E-state index contributed by atoms with van der Waals surface area (Å²) in [4.78, 5) is 0. The lowest BCUT2D eigenvalue weighted by molar-refractivity contribution is 0.413. The van der Waals surface area contributed by atoms with Crippen LogP contribution in [0.2, 0.25) is 0 Å². The van der Waals surface area contributed by atoms with Crippen LogP contribution in [0.1, 0.15) is 18.5 Å². The Balaban J connectivity index is 2.64. The predicted octanol–water partition coefficient (Wildman–Crippen LogP) is 1.30. The summed E-state index contributed by atoms with van der Waals surface area (Å²) in [6.07, 6.45) is 0. The normalized spacial score (nSPS) is 12.5. The number of benzene rings is 1. The van der Waals surface area contributed by atoms with E-state index in [0.29, 0.717) is 0 Å². The molecule has 1 rings (SSSR count). The summed E-state index contributed by atoms with van der Waals surface area (Å²) in [6, 6.07) is 7.90. The maximum absolute atomic E-state index is 5.99. The van der Waals surface area contributed by atoms with Gasteiger partial charge in [-0.3, -0.25) is 0 Å². The Morgan fingerprint density at radius 2 is 2.29 bits per heavy atom. The van der Waals surface area contributed by atoms with Gasteiger partial charge in [-0.25, -0.2) is 0 Å². The Morgan fingerprint density at radius 3 is 2.93 bits per heavy atom. The molecular weight excluding hydrogens is 176 g/mol. The Labute approximate surface area is 85.3 Å². The van der Waals surface area contributed by atoms with E-state index in [2.05, 4.69) is 12.2 Å². The van der Waals surface area contributed by atoms with E-state index in [1.165, 1.54) is 0 Å². The van der Waals surface area contributed by atoms with Gasteiger partial charge in [0.05, 0.1) is 7.11 Å². The van der Waals surface area contributed by atoms with Crippen LogP contribution < -0.4 is 15.8 Å². The average Bonchev–Trinajstić information content (AvgIpc) is 2.26. The van der Waals surface area contributed by atoms with E-state index in [4.69, 9.17) is 10.5 Å². The number of hydrogen-bond acceptors (Lipinski definition) is 3. The highest BCUT2D eigenvalue weighted by Crippen LogP contribution is 2.16. The zero-order chi connectivity index (χ0) is 10.4. The Morgan fingerprint density at radius 1 is 1.50 bits per heavy atom. The second-order valence-electron chi connectivity index (χ2n) is 3.19. The van der Waals surface area contributed by atoms with E-state index < -0.39 is 0 Å². The molecule has 0 saturated heterocycles. The minimum absolute atomic E-state index is 0.0325. The van der Waals surface area contributed by atoms with E-state index in [1.807, 2.05) is 24.3 Å². The van der Waals surface area contributed by atoms with Crippen molar-refractivity contribution >= 4 is 0 Å². The molecule has 1 atom stereocenters. The van der Waals surface area contributed by atoms with E-state index in [0.717, 1.165) is 24.4 Å². The molecule has 3 N–H and O–H groups in total. The maximum Gasteiger partial charge on any atom is 0.119 e. The molecule has 1 aromatic rings. The number of ether oxygens (including phenoxy) is 1. The van der Waals surface area contributed by atoms with Gasteiger partial charge in [-0.05, 0) is 24.2 Å². The summed E-state index contributed by atoms with van der Waals surface area (Å²) in [5.74, 6) is 0.856. The Kier molecular flexibility index (Phi) is 4.43. The van der Waals surface area contributed by atoms with Crippen molar-refractivity contribution in [3.8, 4) is 5.75 Å². The number of likely N-dealkylation sites (N-methyl/N-ethyl adjacent to an activating group) is 1. The molecule has 0 saturated carbocycles. The second kappa shape index (κ2) is 5.62. The van der Waals surface area contributed by atoms with E-state index in [1.54, 1.807) is 7.11 Å². The molecule has 0 aliphatic carbocycles. The van der Waals surface area contributed by atoms with Gasteiger partial charge in [-0.1, -0.05) is 19.1 Å². The predicted molar refractivity (Wildman–Crippen MR) is 58.5 cm³/mol. The van der Waals surface area contributed by atoms with Gasteiger partial charge in [0.1, 0.15) is 5.75 Å². The minimum Gasteiger partial charge on any atom is -0.497 e. The lowest BCUT2D eigenvalue weighted by Gasteiger charge is -2.13. The van der Waals surface area contributed by atoms with Gasteiger partial charge in [0.25, 0.3) is 0 Å². The minimum atomic E-state index is 0.0325. The molecule has 0 spiro atoms. The first-order chi connectivity index (χ1) is 6.77. The van der Waals surface area contributed by atoms with Crippen molar-refractivity contribution in [3.05, 3.63) is 29.8 Å². The number of nitrogens with two attached hydrogens (primary N) is 1. The number of hydrogen-bond donors (Lipinski definition) is 2. The zero-order valence-corrected chi connectivity index (χ0v) is 8.79. The molecule has 1 aromatic carbocycles. The molecule has 0 fully saturated rings. The van der Waals surface area contributed by atoms with Crippen molar-refractivity contribution < 1.29 is 4.74 Å². The van der Waals surface area contributed by atoms with Crippen molar-refractivity contribution in [2.24, 2.45) is 5.73 Å². The SMILES string of the molecule is CCNCC(N)c1cccc(OC)c1. The van der Waals surface area contributed by atoms with E-state index in [9.17, 15) is 0 Å². The van der Waals surface area contributed by atoms with Gasteiger partial charge in [0, 0.05) is 12.6 Å². The fraction of sp³-hybridized carbons (Fsp3) is 0.455. The molecule has 0 aliphatic heterocycles. The van der Waals surface area contributed by atoms with Crippen LogP contribution in [0.25, 0.3) is 0 Å². The largest absolute Gasteiger partial charge is 0.497 e.